The highest BCUT2D eigenvalue weighted by atomic mass is 16.5. The number of carbonyl (C=O) groups is 1. The van der Waals surface area contributed by atoms with Crippen molar-refractivity contribution in [3.63, 3.8) is 0 Å². The van der Waals surface area contributed by atoms with E-state index in [-0.39, 0.29) is 23.8 Å². The number of methoxy groups -OCH3 is 1. The standard InChI is InChI=1S/C12H13NO2/c1-15-10-6-8-11(10)7-4-2-3-5-9(7)13-12(8)14/h2-5,8,10-11H,6H2,1H3,(H,13,14)/t8-,10-,11-/m0/s1. The second-order valence-electron chi connectivity index (χ2n) is 4.22. The number of rotatable bonds is 1. The minimum Gasteiger partial charge on any atom is -0.381 e. The van der Waals surface area contributed by atoms with Gasteiger partial charge in [0.25, 0.3) is 0 Å². The van der Waals surface area contributed by atoms with Gasteiger partial charge in [-0.15, -0.1) is 0 Å². The lowest BCUT2D eigenvalue weighted by Crippen LogP contribution is -2.49. The van der Waals surface area contributed by atoms with Crippen LogP contribution in [0.3, 0.4) is 0 Å². The zero-order valence-electron chi connectivity index (χ0n) is 8.57. The maximum absolute atomic E-state index is 11.7. The molecule has 1 aliphatic heterocycles. The molecule has 2 aliphatic rings. The van der Waals surface area contributed by atoms with E-state index in [0.717, 1.165) is 12.1 Å². The molecule has 0 unspecified atom stereocenters. The van der Waals surface area contributed by atoms with Gasteiger partial charge in [0.15, 0.2) is 0 Å². The van der Waals surface area contributed by atoms with Gasteiger partial charge in [0.2, 0.25) is 5.91 Å². The summed E-state index contributed by atoms with van der Waals surface area (Å²) in [5.74, 6) is 0.525. The molecule has 1 heterocycles. The molecule has 1 amide bonds. The van der Waals surface area contributed by atoms with Gasteiger partial charge in [-0.25, -0.2) is 0 Å². The lowest BCUT2D eigenvalue weighted by molar-refractivity contribution is -0.130. The van der Waals surface area contributed by atoms with Crippen molar-refractivity contribution in [2.75, 3.05) is 12.4 Å². The number of ether oxygens (including phenoxy) is 1. The van der Waals surface area contributed by atoms with Crippen molar-refractivity contribution < 1.29 is 9.53 Å². The highest BCUT2D eigenvalue weighted by molar-refractivity contribution is 5.97. The molecule has 3 rings (SSSR count). The van der Waals surface area contributed by atoms with Crippen LogP contribution in [-0.4, -0.2) is 19.1 Å². The molecule has 1 N–H and O–H groups in total. The highest BCUT2D eigenvalue weighted by Gasteiger charge is 2.49. The summed E-state index contributed by atoms with van der Waals surface area (Å²) in [6.45, 7) is 0. The van der Waals surface area contributed by atoms with E-state index in [1.165, 1.54) is 5.56 Å². The van der Waals surface area contributed by atoms with E-state index < -0.39 is 0 Å². The Balaban J connectivity index is 2.04. The van der Waals surface area contributed by atoms with Crippen molar-refractivity contribution in [2.24, 2.45) is 5.92 Å². The van der Waals surface area contributed by atoms with E-state index in [0.29, 0.717) is 0 Å². The fourth-order valence-electron chi connectivity index (χ4n) is 2.66. The second kappa shape index (κ2) is 3.07. The third-order valence-corrected chi connectivity index (χ3v) is 3.54. The van der Waals surface area contributed by atoms with Crippen LogP contribution in [0.2, 0.25) is 0 Å². The Morgan fingerprint density at radius 1 is 1.40 bits per heavy atom. The summed E-state index contributed by atoms with van der Waals surface area (Å²) in [4.78, 5) is 11.7. The zero-order valence-corrected chi connectivity index (χ0v) is 8.57. The Labute approximate surface area is 88.4 Å². The van der Waals surface area contributed by atoms with Crippen LogP contribution in [0.1, 0.15) is 17.9 Å². The van der Waals surface area contributed by atoms with Crippen LogP contribution in [0.25, 0.3) is 0 Å². The van der Waals surface area contributed by atoms with Gasteiger partial charge in [-0.05, 0) is 18.1 Å². The summed E-state index contributed by atoms with van der Waals surface area (Å²) in [6, 6.07) is 7.99. The largest absolute Gasteiger partial charge is 0.381 e. The van der Waals surface area contributed by atoms with Crippen LogP contribution in [-0.2, 0) is 9.53 Å². The SMILES string of the molecule is CO[C@H]1C[C@@H]2C(=O)Nc3ccccc3[C@H]12. The van der Waals surface area contributed by atoms with Gasteiger partial charge in [-0.3, -0.25) is 4.79 Å². The molecule has 1 aromatic rings. The Morgan fingerprint density at radius 2 is 2.20 bits per heavy atom. The predicted molar refractivity (Wildman–Crippen MR) is 56.7 cm³/mol. The zero-order chi connectivity index (χ0) is 10.4. The van der Waals surface area contributed by atoms with E-state index in [9.17, 15) is 4.79 Å². The fourth-order valence-corrected chi connectivity index (χ4v) is 2.66. The summed E-state index contributed by atoms with van der Waals surface area (Å²) >= 11 is 0. The smallest absolute Gasteiger partial charge is 0.228 e. The Hall–Kier alpha value is -1.35. The lowest BCUT2D eigenvalue weighted by Gasteiger charge is -2.46. The van der Waals surface area contributed by atoms with Crippen LogP contribution in [0.15, 0.2) is 24.3 Å². The summed E-state index contributed by atoms with van der Waals surface area (Å²) < 4.78 is 5.38. The van der Waals surface area contributed by atoms with Crippen molar-refractivity contribution in [3.05, 3.63) is 29.8 Å². The summed E-state index contributed by atoms with van der Waals surface area (Å²) in [6.07, 6.45) is 1.06. The van der Waals surface area contributed by atoms with Crippen molar-refractivity contribution in [1.82, 2.24) is 0 Å². The Morgan fingerprint density at radius 3 is 3.00 bits per heavy atom. The Bertz CT molecular complexity index is 416. The van der Waals surface area contributed by atoms with Crippen LogP contribution >= 0.6 is 0 Å². The molecule has 1 saturated carbocycles. The number of nitrogens with one attached hydrogen (secondary N) is 1. The number of para-hydroxylation sites is 1. The molecule has 1 aliphatic carbocycles. The normalized spacial score (nSPS) is 32.3. The topological polar surface area (TPSA) is 38.3 Å². The third-order valence-electron chi connectivity index (χ3n) is 3.54. The van der Waals surface area contributed by atoms with Gasteiger partial charge in [0.05, 0.1) is 12.0 Å². The van der Waals surface area contributed by atoms with E-state index in [2.05, 4.69) is 11.4 Å². The first kappa shape index (κ1) is 8.92. The van der Waals surface area contributed by atoms with Crippen molar-refractivity contribution in [2.45, 2.75) is 18.4 Å². The minimum absolute atomic E-state index is 0.116. The highest BCUT2D eigenvalue weighted by Crippen LogP contribution is 2.49. The molecule has 1 fully saturated rings. The lowest BCUT2D eigenvalue weighted by atomic mass is 9.65. The quantitative estimate of drug-likeness (QED) is 0.755. The second-order valence-corrected chi connectivity index (χ2v) is 4.22. The number of hydrogen-bond donors (Lipinski definition) is 1. The fraction of sp³-hybridized carbons (Fsp3) is 0.417. The van der Waals surface area contributed by atoms with Crippen LogP contribution in [0, 0.1) is 5.92 Å². The maximum Gasteiger partial charge on any atom is 0.228 e. The number of benzene rings is 1. The summed E-state index contributed by atoms with van der Waals surface area (Å²) in [5.41, 5.74) is 2.17. The molecule has 0 aromatic heterocycles. The molecule has 3 heteroatoms. The van der Waals surface area contributed by atoms with E-state index in [4.69, 9.17) is 4.74 Å². The van der Waals surface area contributed by atoms with Gasteiger partial charge in [-0.1, -0.05) is 18.2 Å². The molecule has 15 heavy (non-hydrogen) atoms. The number of anilines is 1. The van der Waals surface area contributed by atoms with E-state index in [1.54, 1.807) is 7.11 Å². The first-order chi connectivity index (χ1) is 7.31. The van der Waals surface area contributed by atoms with Gasteiger partial charge >= 0.3 is 0 Å². The van der Waals surface area contributed by atoms with E-state index in [1.807, 2.05) is 18.2 Å². The molecular weight excluding hydrogens is 190 g/mol. The number of hydrogen-bond acceptors (Lipinski definition) is 2. The molecule has 78 valence electrons. The Kier molecular flexibility index (Phi) is 1.83. The molecule has 3 atom stereocenters. The summed E-state index contributed by atoms with van der Waals surface area (Å²) in [7, 11) is 1.72. The minimum atomic E-state index is 0.116. The predicted octanol–water partition coefficient (Wildman–Crippen LogP) is 1.76. The van der Waals surface area contributed by atoms with Crippen molar-refractivity contribution >= 4 is 11.6 Å². The van der Waals surface area contributed by atoms with Gasteiger partial charge in [0.1, 0.15) is 0 Å². The third kappa shape index (κ3) is 1.13. The molecule has 1 aromatic carbocycles. The average Bonchev–Trinajstić information content (AvgIpc) is 2.19. The molecular formula is C12H13NO2. The van der Waals surface area contributed by atoms with Crippen LogP contribution < -0.4 is 5.32 Å². The molecule has 3 nitrogen and oxygen atoms in total. The van der Waals surface area contributed by atoms with Crippen molar-refractivity contribution in [3.8, 4) is 0 Å². The van der Waals surface area contributed by atoms with Crippen LogP contribution in [0.5, 0.6) is 0 Å². The maximum atomic E-state index is 11.7. The monoisotopic (exact) mass is 203 g/mol. The molecule has 0 saturated heterocycles. The number of carbonyl (C=O) groups excluding carboxylic acids is 1. The van der Waals surface area contributed by atoms with Gasteiger partial charge < -0.3 is 10.1 Å². The molecule has 0 bridgehead atoms. The first-order valence-electron chi connectivity index (χ1n) is 5.24. The summed E-state index contributed by atoms with van der Waals surface area (Å²) in [5, 5.41) is 2.94. The van der Waals surface area contributed by atoms with Crippen LogP contribution in [0.4, 0.5) is 5.69 Å². The van der Waals surface area contributed by atoms with Gasteiger partial charge in [0, 0.05) is 18.7 Å². The molecule has 0 spiro atoms. The first-order valence-corrected chi connectivity index (χ1v) is 5.24. The average molecular weight is 203 g/mol. The number of amides is 1. The molecule has 0 radical (unpaired) electrons. The number of fused-ring (bicyclic) bond motifs is 3. The van der Waals surface area contributed by atoms with Gasteiger partial charge in [-0.2, -0.15) is 0 Å². The van der Waals surface area contributed by atoms with E-state index >= 15 is 0 Å². The van der Waals surface area contributed by atoms with Crippen molar-refractivity contribution in [1.29, 1.82) is 0 Å².